The third-order valence-electron chi connectivity index (χ3n) is 2.03. The maximum atomic E-state index is 11.5. The molecule has 4 heteroatoms. The van der Waals surface area contributed by atoms with Gasteiger partial charge in [0.1, 0.15) is 0 Å². The Labute approximate surface area is 75.2 Å². The zero-order valence-corrected chi connectivity index (χ0v) is 7.61. The molecule has 0 atom stereocenters. The summed E-state index contributed by atoms with van der Waals surface area (Å²) < 4.78 is 1.72. The van der Waals surface area contributed by atoms with Crippen molar-refractivity contribution >= 4 is 11.0 Å². The van der Waals surface area contributed by atoms with Gasteiger partial charge in [-0.1, -0.05) is 0 Å². The number of aromatic nitrogens is 3. The highest BCUT2D eigenvalue weighted by Crippen LogP contribution is 2.11. The molecular weight excluding hydrogens is 166 g/mol. The average molecular weight is 177 g/mol. The van der Waals surface area contributed by atoms with Crippen molar-refractivity contribution in [1.82, 2.24) is 14.5 Å². The van der Waals surface area contributed by atoms with Crippen LogP contribution in [0.2, 0.25) is 0 Å². The second-order valence-corrected chi connectivity index (χ2v) is 3.29. The van der Waals surface area contributed by atoms with E-state index in [1.54, 1.807) is 17.0 Å². The maximum absolute atomic E-state index is 11.5. The first-order chi connectivity index (χ1) is 6.20. The molecule has 0 saturated heterocycles. The van der Waals surface area contributed by atoms with Crippen molar-refractivity contribution in [3.05, 3.63) is 28.9 Å². The lowest BCUT2D eigenvalue weighted by atomic mass is 10.3. The number of hydrogen-bond acceptors (Lipinski definition) is 2. The smallest absolute Gasteiger partial charge is 0.304 e. The molecule has 0 unspecified atom stereocenters. The van der Waals surface area contributed by atoms with E-state index in [4.69, 9.17) is 0 Å². The molecule has 0 aliphatic rings. The lowest BCUT2D eigenvalue weighted by molar-refractivity contribution is 0.598. The Morgan fingerprint density at radius 2 is 2.31 bits per heavy atom. The van der Waals surface area contributed by atoms with Gasteiger partial charge in [-0.3, -0.25) is 9.55 Å². The van der Waals surface area contributed by atoms with Gasteiger partial charge in [0, 0.05) is 12.2 Å². The van der Waals surface area contributed by atoms with Crippen LogP contribution in [0.3, 0.4) is 0 Å². The summed E-state index contributed by atoms with van der Waals surface area (Å²) >= 11 is 0. The summed E-state index contributed by atoms with van der Waals surface area (Å²) in [6.07, 6.45) is 3.35. The molecule has 13 heavy (non-hydrogen) atoms. The van der Waals surface area contributed by atoms with Crippen molar-refractivity contribution in [3.63, 3.8) is 0 Å². The zero-order chi connectivity index (χ0) is 9.42. The first-order valence-electron chi connectivity index (χ1n) is 4.24. The summed E-state index contributed by atoms with van der Waals surface area (Å²) in [5.41, 5.74) is 1.63. The Bertz CT molecular complexity index is 481. The molecule has 2 aromatic rings. The fraction of sp³-hybridized carbons (Fsp3) is 0.333. The van der Waals surface area contributed by atoms with Crippen LogP contribution in [0.4, 0.5) is 0 Å². The molecule has 0 amide bonds. The van der Waals surface area contributed by atoms with Gasteiger partial charge in [-0.05, 0) is 19.9 Å². The number of hydrogen-bond donors (Lipinski definition) is 1. The summed E-state index contributed by atoms with van der Waals surface area (Å²) in [5.74, 6) is 0. The van der Waals surface area contributed by atoms with Crippen LogP contribution in [-0.2, 0) is 0 Å². The molecule has 0 aliphatic carbocycles. The number of pyridine rings is 1. The van der Waals surface area contributed by atoms with E-state index >= 15 is 0 Å². The Hall–Kier alpha value is -1.58. The molecule has 0 spiro atoms. The summed E-state index contributed by atoms with van der Waals surface area (Å²) in [6, 6.07) is 2.01. The summed E-state index contributed by atoms with van der Waals surface area (Å²) in [4.78, 5) is 18.2. The largest absolute Gasteiger partial charge is 0.326 e. The third kappa shape index (κ3) is 1.14. The van der Waals surface area contributed by atoms with Crippen LogP contribution in [0.15, 0.2) is 23.3 Å². The molecule has 0 saturated carbocycles. The van der Waals surface area contributed by atoms with E-state index in [1.165, 1.54) is 0 Å². The SMILES string of the molecule is CC(C)n1c(=O)[nH]c2cnccc21. The minimum absolute atomic E-state index is 0.0713. The lowest BCUT2D eigenvalue weighted by Crippen LogP contribution is -2.18. The van der Waals surface area contributed by atoms with E-state index in [0.29, 0.717) is 0 Å². The molecule has 1 N–H and O–H groups in total. The van der Waals surface area contributed by atoms with Gasteiger partial charge in [-0.15, -0.1) is 0 Å². The van der Waals surface area contributed by atoms with E-state index in [2.05, 4.69) is 9.97 Å². The molecule has 0 aromatic carbocycles. The molecule has 0 aliphatic heterocycles. The number of imidazole rings is 1. The van der Waals surface area contributed by atoms with Crippen LogP contribution in [0.25, 0.3) is 11.0 Å². The minimum Gasteiger partial charge on any atom is -0.304 e. The molecule has 0 fully saturated rings. The fourth-order valence-electron chi connectivity index (χ4n) is 1.49. The molecule has 2 rings (SSSR count). The highest BCUT2D eigenvalue weighted by Gasteiger charge is 2.07. The Balaban J connectivity index is 2.87. The van der Waals surface area contributed by atoms with Gasteiger partial charge < -0.3 is 4.98 Å². The van der Waals surface area contributed by atoms with E-state index in [1.807, 2.05) is 19.9 Å². The number of rotatable bonds is 1. The van der Waals surface area contributed by atoms with Gasteiger partial charge in [-0.25, -0.2) is 4.79 Å². The first kappa shape index (κ1) is 8.04. The van der Waals surface area contributed by atoms with Gasteiger partial charge in [-0.2, -0.15) is 0 Å². The zero-order valence-electron chi connectivity index (χ0n) is 7.61. The van der Waals surface area contributed by atoms with Crippen molar-refractivity contribution < 1.29 is 0 Å². The van der Waals surface area contributed by atoms with E-state index in [-0.39, 0.29) is 11.7 Å². The van der Waals surface area contributed by atoms with Crippen LogP contribution in [-0.4, -0.2) is 14.5 Å². The van der Waals surface area contributed by atoms with Crippen LogP contribution < -0.4 is 5.69 Å². The van der Waals surface area contributed by atoms with Crippen molar-refractivity contribution in [2.24, 2.45) is 0 Å². The average Bonchev–Trinajstić information content (AvgIpc) is 2.39. The van der Waals surface area contributed by atoms with Crippen molar-refractivity contribution in [2.45, 2.75) is 19.9 Å². The Morgan fingerprint density at radius 1 is 1.54 bits per heavy atom. The maximum Gasteiger partial charge on any atom is 0.326 e. The number of H-pyrrole nitrogens is 1. The second-order valence-electron chi connectivity index (χ2n) is 3.29. The topological polar surface area (TPSA) is 50.7 Å². The van der Waals surface area contributed by atoms with Gasteiger partial charge in [0.25, 0.3) is 0 Å². The second kappa shape index (κ2) is 2.73. The predicted octanol–water partition coefficient (Wildman–Crippen LogP) is 1.31. The molecule has 2 aromatic heterocycles. The number of aromatic amines is 1. The molecule has 0 radical (unpaired) electrons. The molecule has 68 valence electrons. The van der Waals surface area contributed by atoms with E-state index in [9.17, 15) is 4.79 Å². The van der Waals surface area contributed by atoms with Gasteiger partial charge in [0.15, 0.2) is 0 Å². The van der Waals surface area contributed by atoms with Gasteiger partial charge >= 0.3 is 5.69 Å². The van der Waals surface area contributed by atoms with Crippen molar-refractivity contribution in [1.29, 1.82) is 0 Å². The third-order valence-corrected chi connectivity index (χ3v) is 2.03. The quantitative estimate of drug-likeness (QED) is 0.713. The van der Waals surface area contributed by atoms with E-state index < -0.39 is 0 Å². The van der Waals surface area contributed by atoms with Crippen LogP contribution in [0, 0.1) is 0 Å². The molecule has 4 nitrogen and oxygen atoms in total. The summed E-state index contributed by atoms with van der Waals surface area (Å²) in [7, 11) is 0. The molecule has 2 heterocycles. The number of nitrogens with one attached hydrogen (secondary N) is 1. The summed E-state index contributed by atoms with van der Waals surface area (Å²) in [5, 5.41) is 0. The molecule has 0 bridgehead atoms. The first-order valence-corrected chi connectivity index (χ1v) is 4.24. The minimum atomic E-state index is -0.0713. The molecular formula is C9H11N3O. The normalized spacial score (nSPS) is 11.3. The van der Waals surface area contributed by atoms with Crippen molar-refractivity contribution in [2.75, 3.05) is 0 Å². The van der Waals surface area contributed by atoms with Gasteiger partial charge in [0.05, 0.1) is 17.2 Å². The van der Waals surface area contributed by atoms with Crippen LogP contribution in [0.1, 0.15) is 19.9 Å². The monoisotopic (exact) mass is 177 g/mol. The lowest BCUT2D eigenvalue weighted by Gasteiger charge is -2.05. The number of fused-ring (bicyclic) bond motifs is 1. The van der Waals surface area contributed by atoms with Crippen molar-refractivity contribution in [3.8, 4) is 0 Å². The fourth-order valence-corrected chi connectivity index (χ4v) is 1.49. The van der Waals surface area contributed by atoms with Gasteiger partial charge in [0.2, 0.25) is 0 Å². The Kier molecular flexibility index (Phi) is 1.69. The van der Waals surface area contributed by atoms with Crippen LogP contribution in [0.5, 0.6) is 0 Å². The predicted molar refractivity (Wildman–Crippen MR) is 50.7 cm³/mol. The highest BCUT2D eigenvalue weighted by atomic mass is 16.1. The van der Waals surface area contributed by atoms with E-state index in [0.717, 1.165) is 11.0 Å². The standard InChI is InChI=1S/C9H11N3O/c1-6(2)12-8-3-4-10-5-7(8)11-9(12)13/h3-6H,1-2H3,(H,11,13). The highest BCUT2D eigenvalue weighted by molar-refractivity contribution is 5.73. The Morgan fingerprint density at radius 3 is 3.00 bits per heavy atom. The number of nitrogens with zero attached hydrogens (tertiary/aromatic N) is 2. The summed E-state index contributed by atoms with van der Waals surface area (Å²) in [6.45, 7) is 3.96. The van der Waals surface area contributed by atoms with Crippen LogP contribution >= 0.6 is 0 Å².